The summed E-state index contributed by atoms with van der Waals surface area (Å²) in [4.78, 5) is 0. The lowest BCUT2D eigenvalue weighted by atomic mass is 10.2. The lowest BCUT2D eigenvalue weighted by molar-refractivity contribution is 0.640. The molecule has 0 aliphatic heterocycles. The molecule has 0 saturated carbocycles. The van der Waals surface area contributed by atoms with Crippen molar-refractivity contribution >= 4 is 38.5 Å². The molecule has 1 aromatic carbocycles. The normalized spacial score (nSPS) is 10.5. The Hall–Kier alpha value is 0.390. The molecule has 1 nitrogen and oxygen atoms in total. The van der Waals surface area contributed by atoms with Gasteiger partial charge in [0.05, 0.1) is 0 Å². The maximum atomic E-state index is 3.49. The summed E-state index contributed by atoms with van der Waals surface area (Å²) >= 11 is 5.87. The van der Waals surface area contributed by atoms with E-state index in [2.05, 4.69) is 69.0 Å². The van der Waals surface area contributed by atoms with Crippen LogP contribution in [0.4, 0.5) is 0 Å². The van der Waals surface area contributed by atoms with Gasteiger partial charge in [-0.3, -0.25) is 0 Å². The van der Waals surface area contributed by atoms with Crippen molar-refractivity contribution in [2.45, 2.75) is 26.3 Å². The molecule has 14 heavy (non-hydrogen) atoms. The molecule has 78 valence electrons. The minimum atomic E-state index is 0.970. The third kappa shape index (κ3) is 4.28. The first-order chi connectivity index (χ1) is 6.74. The largest absolute Gasteiger partial charge is 0.313 e. The molecule has 0 fully saturated rings. The molecule has 0 atom stereocenters. The Morgan fingerprint density at radius 3 is 2.93 bits per heavy atom. The van der Waals surface area contributed by atoms with Crippen LogP contribution in [-0.4, -0.2) is 6.54 Å². The van der Waals surface area contributed by atoms with E-state index in [1.807, 2.05) is 0 Å². The first-order valence-corrected chi connectivity index (χ1v) is 6.76. The fraction of sp³-hybridized carbons (Fsp3) is 0.455. The fourth-order valence-corrected chi connectivity index (χ4v) is 2.14. The van der Waals surface area contributed by atoms with Crippen LogP contribution in [0.3, 0.4) is 0 Å². The molecule has 1 rings (SSSR count). The van der Waals surface area contributed by atoms with Crippen LogP contribution in [0.15, 0.2) is 22.7 Å². The fourth-order valence-electron chi connectivity index (χ4n) is 1.20. The number of unbranched alkanes of at least 4 members (excludes halogenated alkanes) is 1. The van der Waals surface area contributed by atoms with Crippen molar-refractivity contribution in [3.63, 3.8) is 0 Å². The Morgan fingerprint density at radius 2 is 2.21 bits per heavy atom. The standard InChI is InChI=1S/C11H15BrIN/c1-2-3-6-14-8-9-7-10(12)4-5-11(9)13/h4-5,7,14H,2-3,6,8H2,1H3. The first-order valence-electron chi connectivity index (χ1n) is 4.88. The molecule has 0 radical (unpaired) electrons. The van der Waals surface area contributed by atoms with Gasteiger partial charge in [0.25, 0.3) is 0 Å². The van der Waals surface area contributed by atoms with Gasteiger partial charge in [-0.2, -0.15) is 0 Å². The van der Waals surface area contributed by atoms with Gasteiger partial charge in [-0.15, -0.1) is 0 Å². The lowest BCUT2D eigenvalue weighted by Gasteiger charge is -2.06. The summed E-state index contributed by atoms with van der Waals surface area (Å²) in [5, 5.41) is 3.45. The Kier molecular flexibility index (Phi) is 6.05. The highest BCUT2D eigenvalue weighted by atomic mass is 127. The molecule has 0 unspecified atom stereocenters. The Bertz CT molecular complexity index is 289. The van der Waals surface area contributed by atoms with Gasteiger partial charge in [-0.05, 0) is 59.3 Å². The molecule has 1 N–H and O–H groups in total. The van der Waals surface area contributed by atoms with E-state index in [0.29, 0.717) is 0 Å². The molecule has 3 heteroatoms. The summed E-state index contributed by atoms with van der Waals surface area (Å²) < 4.78 is 2.49. The molecule has 0 aliphatic rings. The smallest absolute Gasteiger partial charge is 0.0216 e. The second-order valence-electron chi connectivity index (χ2n) is 3.27. The molecule has 0 heterocycles. The topological polar surface area (TPSA) is 12.0 Å². The Morgan fingerprint density at radius 1 is 1.43 bits per heavy atom. The van der Waals surface area contributed by atoms with Crippen LogP contribution in [0, 0.1) is 3.57 Å². The number of hydrogen-bond acceptors (Lipinski definition) is 1. The molecule has 0 aromatic heterocycles. The van der Waals surface area contributed by atoms with Gasteiger partial charge >= 0.3 is 0 Å². The molecular weight excluding hydrogens is 353 g/mol. The van der Waals surface area contributed by atoms with Gasteiger partial charge in [-0.1, -0.05) is 29.3 Å². The summed E-state index contributed by atoms with van der Waals surface area (Å²) in [6.45, 7) is 4.29. The van der Waals surface area contributed by atoms with E-state index in [-0.39, 0.29) is 0 Å². The van der Waals surface area contributed by atoms with Crippen LogP contribution in [0.1, 0.15) is 25.3 Å². The molecule has 0 aliphatic carbocycles. The van der Waals surface area contributed by atoms with E-state index in [1.54, 1.807) is 0 Å². The number of benzene rings is 1. The number of nitrogens with one attached hydrogen (secondary N) is 1. The predicted molar refractivity (Wildman–Crippen MR) is 73.5 cm³/mol. The maximum Gasteiger partial charge on any atom is 0.0216 e. The molecule has 0 saturated heterocycles. The zero-order chi connectivity index (χ0) is 10.4. The van der Waals surface area contributed by atoms with Crippen molar-refractivity contribution in [2.75, 3.05) is 6.54 Å². The van der Waals surface area contributed by atoms with Crippen molar-refractivity contribution < 1.29 is 0 Å². The van der Waals surface area contributed by atoms with Crippen LogP contribution in [-0.2, 0) is 6.54 Å². The minimum absolute atomic E-state index is 0.970. The highest BCUT2D eigenvalue weighted by molar-refractivity contribution is 14.1. The number of hydrogen-bond donors (Lipinski definition) is 1. The van der Waals surface area contributed by atoms with Crippen molar-refractivity contribution in [2.24, 2.45) is 0 Å². The first kappa shape index (κ1) is 12.5. The number of halogens is 2. The van der Waals surface area contributed by atoms with E-state index < -0.39 is 0 Å². The van der Waals surface area contributed by atoms with Crippen LogP contribution in [0.25, 0.3) is 0 Å². The SMILES string of the molecule is CCCCNCc1cc(Br)ccc1I. The van der Waals surface area contributed by atoms with Gasteiger partial charge < -0.3 is 5.32 Å². The lowest BCUT2D eigenvalue weighted by Crippen LogP contribution is -2.15. The van der Waals surface area contributed by atoms with Crippen LogP contribution >= 0.6 is 38.5 Å². The summed E-state index contributed by atoms with van der Waals surface area (Å²) in [6, 6.07) is 6.40. The second-order valence-corrected chi connectivity index (χ2v) is 5.34. The second kappa shape index (κ2) is 6.80. The zero-order valence-corrected chi connectivity index (χ0v) is 12.1. The van der Waals surface area contributed by atoms with Gasteiger partial charge in [0.1, 0.15) is 0 Å². The average molecular weight is 368 g/mol. The van der Waals surface area contributed by atoms with E-state index in [4.69, 9.17) is 0 Å². The third-order valence-corrected chi connectivity index (χ3v) is 3.58. The zero-order valence-electron chi connectivity index (χ0n) is 8.32. The van der Waals surface area contributed by atoms with Crippen molar-refractivity contribution in [3.05, 3.63) is 31.8 Å². The summed E-state index contributed by atoms with van der Waals surface area (Å²) in [6.07, 6.45) is 2.51. The number of rotatable bonds is 5. The highest BCUT2D eigenvalue weighted by Crippen LogP contribution is 2.18. The van der Waals surface area contributed by atoms with Gasteiger partial charge in [0, 0.05) is 14.6 Å². The average Bonchev–Trinajstić information content (AvgIpc) is 2.18. The summed E-state index contributed by atoms with van der Waals surface area (Å²) in [7, 11) is 0. The monoisotopic (exact) mass is 367 g/mol. The molecule has 1 aromatic rings. The van der Waals surface area contributed by atoms with E-state index in [0.717, 1.165) is 17.6 Å². The molecule has 0 amide bonds. The van der Waals surface area contributed by atoms with Crippen LogP contribution in [0.2, 0.25) is 0 Å². The van der Waals surface area contributed by atoms with E-state index in [9.17, 15) is 0 Å². The van der Waals surface area contributed by atoms with Crippen molar-refractivity contribution in [3.8, 4) is 0 Å². The van der Waals surface area contributed by atoms with Gasteiger partial charge in [0.2, 0.25) is 0 Å². The summed E-state index contributed by atoms with van der Waals surface area (Å²) in [5.74, 6) is 0. The van der Waals surface area contributed by atoms with Gasteiger partial charge in [0.15, 0.2) is 0 Å². The van der Waals surface area contributed by atoms with Crippen molar-refractivity contribution in [1.82, 2.24) is 5.32 Å². The highest BCUT2D eigenvalue weighted by Gasteiger charge is 1.99. The third-order valence-electron chi connectivity index (χ3n) is 2.03. The molecule has 0 bridgehead atoms. The molecule has 0 spiro atoms. The predicted octanol–water partition coefficient (Wildman–Crippen LogP) is 3.94. The Balaban J connectivity index is 2.45. The van der Waals surface area contributed by atoms with Crippen molar-refractivity contribution in [1.29, 1.82) is 0 Å². The van der Waals surface area contributed by atoms with Crippen LogP contribution < -0.4 is 5.32 Å². The minimum Gasteiger partial charge on any atom is -0.313 e. The summed E-state index contributed by atoms with van der Waals surface area (Å²) in [5.41, 5.74) is 1.37. The maximum absolute atomic E-state index is 3.49. The Labute approximate surface area is 108 Å². The van der Waals surface area contributed by atoms with Gasteiger partial charge in [-0.25, -0.2) is 0 Å². The van der Waals surface area contributed by atoms with Crippen LogP contribution in [0.5, 0.6) is 0 Å². The van der Waals surface area contributed by atoms with E-state index in [1.165, 1.54) is 22.0 Å². The van der Waals surface area contributed by atoms with E-state index >= 15 is 0 Å². The molecular formula is C11H15BrIN. The quantitative estimate of drug-likeness (QED) is 0.613.